The minimum Gasteiger partial charge on any atom is -0.487 e. The molecular weight excluding hydrogens is 208 g/mol. The van der Waals surface area contributed by atoms with Crippen molar-refractivity contribution < 1.29 is 19.0 Å². The molecule has 4 nitrogen and oxygen atoms in total. The topological polar surface area (TPSA) is 44.8 Å². The van der Waals surface area contributed by atoms with Gasteiger partial charge in [-0.3, -0.25) is 4.79 Å². The number of carbonyl (C=O) groups is 1. The highest BCUT2D eigenvalue weighted by molar-refractivity contribution is 5.94. The molecule has 1 aliphatic rings. The molecule has 1 aromatic rings. The first-order chi connectivity index (χ1) is 7.77. The van der Waals surface area contributed by atoms with Crippen LogP contribution in [0, 0.1) is 0 Å². The maximum atomic E-state index is 11.2. The van der Waals surface area contributed by atoms with Gasteiger partial charge in [0.15, 0.2) is 17.3 Å². The average molecular weight is 222 g/mol. The first-order valence-electron chi connectivity index (χ1n) is 5.26. The van der Waals surface area contributed by atoms with E-state index in [1.54, 1.807) is 18.2 Å². The monoisotopic (exact) mass is 222 g/mol. The third-order valence-corrected chi connectivity index (χ3v) is 2.32. The lowest BCUT2D eigenvalue weighted by molar-refractivity contribution is 0.0877. The van der Waals surface area contributed by atoms with E-state index in [4.69, 9.17) is 14.2 Å². The predicted molar refractivity (Wildman–Crippen MR) is 58.3 cm³/mol. The fraction of sp³-hybridized carbons (Fsp3) is 0.417. The Bertz CT molecular complexity index is 387. The van der Waals surface area contributed by atoms with Gasteiger partial charge in [0.25, 0.3) is 0 Å². The van der Waals surface area contributed by atoms with E-state index in [0.29, 0.717) is 43.5 Å². The van der Waals surface area contributed by atoms with Crippen molar-refractivity contribution in [1.29, 1.82) is 0 Å². The van der Waals surface area contributed by atoms with Crippen LogP contribution in [0.2, 0.25) is 0 Å². The van der Waals surface area contributed by atoms with Gasteiger partial charge in [-0.1, -0.05) is 0 Å². The lowest BCUT2D eigenvalue weighted by atomic mass is 10.1. The first kappa shape index (κ1) is 11.0. The molecule has 0 N–H and O–H groups in total. The Morgan fingerprint density at radius 2 is 1.75 bits per heavy atom. The zero-order chi connectivity index (χ0) is 11.4. The second kappa shape index (κ2) is 4.99. The van der Waals surface area contributed by atoms with Crippen molar-refractivity contribution in [2.45, 2.75) is 6.92 Å². The summed E-state index contributed by atoms with van der Waals surface area (Å²) < 4.78 is 16.2. The minimum atomic E-state index is 0.0162. The number of ketones is 1. The maximum Gasteiger partial charge on any atom is 0.162 e. The lowest BCUT2D eigenvalue weighted by Gasteiger charge is -2.10. The minimum absolute atomic E-state index is 0.0162. The van der Waals surface area contributed by atoms with Crippen molar-refractivity contribution in [1.82, 2.24) is 0 Å². The Labute approximate surface area is 94.1 Å². The Balaban J connectivity index is 2.27. The molecule has 0 saturated carbocycles. The van der Waals surface area contributed by atoms with Gasteiger partial charge in [-0.05, 0) is 25.1 Å². The first-order valence-corrected chi connectivity index (χ1v) is 5.26. The van der Waals surface area contributed by atoms with Crippen molar-refractivity contribution in [3.8, 4) is 11.5 Å². The van der Waals surface area contributed by atoms with Crippen LogP contribution < -0.4 is 9.47 Å². The smallest absolute Gasteiger partial charge is 0.162 e. The van der Waals surface area contributed by atoms with Gasteiger partial charge in [-0.25, -0.2) is 0 Å². The molecule has 1 heterocycles. The summed E-state index contributed by atoms with van der Waals surface area (Å²) >= 11 is 0. The van der Waals surface area contributed by atoms with Crippen LogP contribution in [0.3, 0.4) is 0 Å². The van der Waals surface area contributed by atoms with Crippen molar-refractivity contribution in [3.63, 3.8) is 0 Å². The molecule has 2 rings (SSSR count). The molecule has 0 radical (unpaired) electrons. The molecule has 0 amide bonds. The molecular formula is C12H14O4. The molecule has 0 spiro atoms. The molecule has 16 heavy (non-hydrogen) atoms. The second-order valence-electron chi connectivity index (χ2n) is 3.53. The van der Waals surface area contributed by atoms with Gasteiger partial charge in [-0.2, -0.15) is 0 Å². The van der Waals surface area contributed by atoms with E-state index in [-0.39, 0.29) is 5.78 Å². The molecule has 0 atom stereocenters. The van der Waals surface area contributed by atoms with Gasteiger partial charge in [0.1, 0.15) is 13.2 Å². The maximum absolute atomic E-state index is 11.2. The molecule has 86 valence electrons. The Morgan fingerprint density at radius 3 is 2.44 bits per heavy atom. The zero-order valence-electron chi connectivity index (χ0n) is 9.19. The van der Waals surface area contributed by atoms with Crippen LogP contribution in [0.1, 0.15) is 17.3 Å². The largest absolute Gasteiger partial charge is 0.487 e. The molecule has 0 aliphatic carbocycles. The molecule has 1 aliphatic heterocycles. The predicted octanol–water partition coefficient (Wildman–Crippen LogP) is 1.68. The molecule has 0 bridgehead atoms. The van der Waals surface area contributed by atoms with Crippen LogP contribution in [-0.2, 0) is 4.74 Å². The number of Topliss-reactive ketones (excluding diaryl/α,β-unsaturated/α-hetero) is 1. The normalized spacial score (nSPS) is 15.8. The van der Waals surface area contributed by atoms with E-state index in [2.05, 4.69) is 0 Å². The summed E-state index contributed by atoms with van der Waals surface area (Å²) in [4.78, 5) is 11.2. The zero-order valence-corrected chi connectivity index (χ0v) is 9.19. The van der Waals surface area contributed by atoms with Crippen LogP contribution >= 0.6 is 0 Å². The molecule has 0 unspecified atom stereocenters. The van der Waals surface area contributed by atoms with Crippen molar-refractivity contribution in [3.05, 3.63) is 23.8 Å². The highest BCUT2D eigenvalue weighted by Gasteiger charge is 2.10. The van der Waals surface area contributed by atoms with E-state index in [0.717, 1.165) is 0 Å². The lowest BCUT2D eigenvalue weighted by Crippen LogP contribution is -2.08. The average Bonchev–Trinajstić information content (AvgIpc) is 2.39. The molecule has 0 aromatic heterocycles. The molecule has 0 fully saturated rings. The number of hydrogen-bond acceptors (Lipinski definition) is 4. The SMILES string of the molecule is CC(=O)c1ccc2c(c1)OCCOCCO2. The molecule has 1 aromatic carbocycles. The fourth-order valence-corrected chi connectivity index (χ4v) is 1.48. The number of hydrogen-bond donors (Lipinski definition) is 0. The summed E-state index contributed by atoms with van der Waals surface area (Å²) in [5.41, 5.74) is 0.627. The highest BCUT2D eigenvalue weighted by Crippen LogP contribution is 2.29. The van der Waals surface area contributed by atoms with Gasteiger partial charge in [0.2, 0.25) is 0 Å². The van der Waals surface area contributed by atoms with Gasteiger partial charge in [-0.15, -0.1) is 0 Å². The second-order valence-corrected chi connectivity index (χ2v) is 3.53. The van der Waals surface area contributed by atoms with Crippen molar-refractivity contribution in [2.24, 2.45) is 0 Å². The van der Waals surface area contributed by atoms with E-state index in [9.17, 15) is 4.79 Å². The van der Waals surface area contributed by atoms with E-state index < -0.39 is 0 Å². The summed E-state index contributed by atoms with van der Waals surface area (Å²) in [5, 5.41) is 0. The Morgan fingerprint density at radius 1 is 1.06 bits per heavy atom. The number of rotatable bonds is 1. The summed E-state index contributed by atoms with van der Waals surface area (Å²) in [6.45, 7) is 3.58. The quantitative estimate of drug-likeness (QED) is 0.678. The van der Waals surface area contributed by atoms with Gasteiger partial charge >= 0.3 is 0 Å². The third kappa shape index (κ3) is 2.52. The third-order valence-electron chi connectivity index (χ3n) is 2.32. The Hall–Kier alpha value is -1.55. The highest BCUT2D eigenvalue weighted by atomic mass is 16.6. The molecule has 4 heteroatoms. The van der Waals surface area contributed by atoms with Gasteiger partial charge in [0.05, 0.1) is 13.2 Å². The summed E-state index contributed by atoms with van der Waals surface area (Å²) in [7, 11) is 0. The van der Waals surface area contributed by atoms with Crippen LogP contribution in [-0.4, -0.2) is 32.2 Å². The van der Waals surface area contributed by atoms with Crippen LogP contribution in [0.15, 0.2) is 18.2 Å². The standard InChI is InChI=1S/C12H14O4/c1-9(13)10-2-3-11-12(8-10)16-7-5-14-4-6-15-11/h2-3,8H,4-7H2,1H3. The molecule has 0 saturated heterocycles. The summed E-state index contributed by atoms with van der Waals surface area (Å²) in [5.74, 6) is 1.29. The van der Waals surface area contributed by atoms with Crippen LogP contribution in [0.5, 0.6) is 11.5 Å². The number of fused-ring (bicyclic) bond motifs is 1. The Kier molecular flexibility index (Phi) is 3.41. The van der Waals surface area contributed by atoms with E-state index in [1.807, 2.05) is 0 Å². The number of ether oxygens (including phenoxy) is 3. The van der Waals surface area contributed by atoms with Gasteiger partial charge in [0, 0.05) is 5.56 Å². The van der Waals surface area contributed by atoms with Crippen LogP contribution in [0.4, 0.5) is 0 Å². The number of carbonyl (C=O) groups excluding carboxylic acids is 1. The van der Waals surface area contributed by atoms with Crippen LogP contribution in [0.25, 0.3) is 0 Å². The summed E-state index contributed by atoms with van der Waals surface area (Å²) in [6, 6.07) is 5.21. The van der Waals surface area contributed by atoms with E-state index in [1.165, 1.54) is 6.92 Å². The van der Waals surface area contributed by atoms with Crippen molar-refractivity contribution >= 4 is 5.78 Å². The number of benzene rings is 1. The van der Waals surface area contributed by atoms with E-state index >= 15 is 0 Å². The summed E-state index contributed by atoms with van der Waals surface area (Å²) in [6.07, 6.45) is 0. The van der Waals surface area contributed by atoms with Gasteiger partial charge < -0.3 is 14.2 Å². The fourth-order valence-electron chi connectivity index (χ4n) is 1.48. The van der Waals surface area contributed by atoms with Crippen molar-refractivity contribution in [2.75, 3.05) is 26.4 Å².